The van der Waals surface area contributed by atoms with Gasteiger partial charge in [0.15, 0.2) is 0 Å². The lowest BCUT2D eigenvalue weighted by Crippen LogP contribution is -2.60. The second-order valence-corrected chi connectivity index (χ2v) is 8.62. The van der Waals surface area contributed by atoms with Crippen molar-refractivity contribution in [2.45, 2.75) is 50.3 Å². The monoisotopic (exact) mass is 502 g/mol. The van der Waals surface area contributed by atoms with Gasteiger partial charge in [-0.2, -0.15) is 0 Å². The molecular formula is C28H30N4O5. The van der Waals surface area contributed by atoms with Gasteiger partial charge in [-0.3, -0.25) is 0 Å². The number of hydrogen-bond donors (Lipinski definition) is 1. The fourth-order valence-corrected chi connectivity index (χ4v) is 4.26. The minimum absolute atomic E-state index is 0.193. The van der Waals surface area contributed by atoms with Gasteiger partial charge in [-0.05, 0) is 22.2 Å². The fourth-order valence-electron chi connectivity index (χ4n) is 4.26. The topological polar surface area (TPSA) is 118 Å². The second kappa shape index (κ2) is 14.1. The third-order valence-corrected chi connectivity index (χ3v) is 6.06. The summed E-state index contributed by atoms with van der Waals surface area (Å²) in [6.45, 7) is 1.16. The van der Waals surface area contributed by atoms with Crippen molar-refractivity contribution in [2.75, 3.05) is 6.61 Å². The van der Waals surface area contributed by atoms with Gasteiger partial charge in [0.25, 0.3) is 0 Å². The van der Waals surface area contributed by atoms with Gasteiger partial charge in [0.1, 0.15) is 18.3 Å². The normalized spacial score (nSPS) is 23.5. The van der Waals surface area contributed by atoms with Crippen LogP contribution in [0.1, 0.15) is 16.7 Å². The molecule has 1 fully saturated rings. The molecule has 3 aromatic rings. The Bertz CT molecular complexity index is 1140. The average Bonchev–Trinajstić information content (AvgIpc) is 2.94. The third-order valence-electron chi connectivity index (χ3n) is 6.06. The number of nitrogens with zero attached hydrogens (tertiary/aromatic N) is 4. The van der Waals surface area contributed by atoms with Crippen molar-refractivity contribution in [3.8, 4) is 0 Å². The molecule has 192 valence electrons. The second-order valence-electron chi connectivity index (χ2n) is 8.62. The summed E-state index contributed by atoms with van der Waals surface area (Å²) in [5.41, 5.74) is 12.3. The van der Waals surface area contributed by atoms with Gasteiger partial charge in [0.05, 0.1) is 44.8 Å². The molecule has 0 aromatic heterocycles. The maximum atomic E-state index is 9.31. The van der Waals surface area contributed by atoms with Crippen molar-refractivity contribution in [2.24, 2.45) is 10.3 Å². The first-order valence-electron chi connectivity index (χ1n) is 12.1. The number of azide groups is 1. The van der Waals surface area contributed by atoms with Crippen LogP contribution in [0.3, 0.4) is 0 Å². The van der Waals surface area contributed by atoms with E-state index in [1.54, 1.807) is 0 Å². The molecule has 1 saturated heterocycles. The summed E-state index contributed by atoms with van der Waals surface area (Å²) in [5, 5.41) is 16.4. The summed E-state index contributed by atoms with van der Waals surface area (Å²) in [5.74, 6) is 0. The lowest BCUT2D eigenvalue weighted by molar-refractivity contribution is -0.214. The SMILES string of the molecule is [N-]=[N+]=N[C@@H]1[C@@H](OCc2ccccc2)[C@@H](OCc2ccccc2)[C@@H](COCc2ccccc2)O[C@H]1C=NO. The highest BCUT2D eigenvalue weighted by molar-refractivity contribution is 5.64. The molecule has 9 nitrogen and oxygen atoms in total. The van der Waals surface area contributed by atoms with Crippen molar-refractivity contribution >= 4 is 6.21 Å². The summed E-state index contributed by atoms with van der Waals surface area (Å²) in [6.07, 6.45) is -1.53. The van der Waals surface area contributed by atoms with E-state index >= 15 is 0 Å². The van der Waals surface area contributed by atoms with Crippen LogP contribution in [0.5, 0.6) is 0 Å². The van der Waals surface area contributed by atoms with Crippen LogP contribution in [0, 0.1) is 0 Å². The van der Waals surface area contributed by atoms with E-state index in [1.807, 2.05) is 91.0 Å². The zero-order chi connectivity index (χ0) is 25.7. The van der Waals surface area contributed by atoms with Crippen LogP contribution in [0.15, 0.2) is 101 Å². The largest absolute Gasteiger partial charge is 0.411 e. The molecule has 0 spiro atoms. The van der Waals surface area contributed by atoms with E-state index in [2.05, 4.69) is 15.2 Å². The predicted octanol–water partition coefficient (Wildman–Crippen LogP) is 5.28. The van der Waals surface area contributed by atoms with Gasteiger partial charge in [-0.1, -0.05) is 101 Å². The minimum atomic E-state index is -0.830. The standard InChI is InChI=1S/C28H30N4O5/c29-32-31-26-24(16-30-33)37-25(20-34-17-21-10-4-1-5-11-21)27(35-18-22-12-6-2-7-13-22)28(26)36-19-23-14-8-3-9-15-23/h1-16,24-28,33H,17-20H2/t24-,25+,26-,27-,28+/m0/s1. The Morgan fingerprint density at radius 3 is 1.81 bits per heavy atom. The fraction of sp³-hybridized carbons (Fsp3) is 0.321. The summed E-state index contributed by atoms with van der Waals surface area (Å²) in [7, 11) is 0. The van der Waals surface area contributed by atoms with Crippen LogP contribution in [-0.4, -0.2) is 48.5 Å². The Hall–Kier alpha value is -3.72. The number of oxime groups is 1. The van der Waals surface area contributed by atoms with Crippen LogP contribution in [0.4, 0.5) is 0 Å². The van der Waals surface area contributed by atoms with E-state index in [1.165, 1.54) is 6.21 Å². The van der Waals surface area contributed by atoms with Crippen LogP contribution in [0.25, 0.3) is 10.4 Å². The molecule has 5 atom stereocenters. The summed E-state index contributed by atoms with van der Waals surface area (Å²) >= 11 is 0. The van der Waals surface area contributed by atoms with Crippen molar-refractivity contribution in [1.29, 1.82) is 0 Å². The molecule has 0 aliphatic carbocycles. The third kappa shape index (κ3) is 7.63. The molecule has 4 rings (SSSR count). The number of ether oxygens (including phenoxy) is 4. The highest BCUT2D eigenvalue weighted by Crippen LogP contribution is 2.30. The molecule has 1 N–H and O–H groups in total. The van der Waals surface area contributed by atoms with E-state index < -0.39 is 30.5 Å². The molecule has 37 heavy (non-hydrogen) atoms. The molecule has 1 aliphatic heterocycles. The maximum absolute atomic E-state index is 9.31. The van der Waals surface area contributed by atoms with Crippen molar-refractivity contribution in [3.63, 3.8) is 0 Å². The van der Waals surface area contributed by atoms with Gasteiger partial charge < -0.3 is 24.2 Å². The smallest absolute Gasteiger partial charge is 0.113 e. The summed E-state index contributed by atoms with van der Waals surface area (Å²) in [4.78, 5) is 3.01. The quantitative estimate of drug-likeness (QED) is 0.0903. The summed E-state index contributed by atoms with van der Waals surface area (Å²) < 4.78 is 24.9. The van der Waals surface area contributed by atoms with Crippen LogP contribution in [-0.2, 0) is 38.8 Å². The predicted molar refractivity (Wildman–Crippen MR) is 138 cm³/mol. The van der Waals surface area contributed by atoms with Gasteiger partial charge in [-0.15, -0.1) is 0 Å². The van der Waals surface area contributed by atoms with E-state index in [4.69, 9.17) is 18.9 Å². The highest BCUT2D eigenvalue weighted by atomic mass is 16.6. The Balaban J connectivity index is 1.58. The zero-order valence-electron chi connectivity index (χ0n) is 20.3. The van der Waals surface area contributed by atoms with E-state index in [9.17, 15) is 10.7 Å². The van der Waals surface area contributed by atoms with Crippen molar-refractivity contribution < 1.29 is 24.2 Å². The Labute approximate surface area is 215 Å². The molecule has 0 radical (unpaired) electrons. The van der Waals surface area contributed by atoms with E-state index in [0.29, 0.717) is 13.2 Å². The van der Waals surface area contributed by atoms with E-state index in [0.717, 1.165) is 16.7 Å². The lowest BCUT2D eigenvalue weighted by Gasteiger charge is -2.43. The number of hydrogen-bond acceptors (Lipinski definition) is 7. The van der Waals surface area contributed by atoms with Crippen molar-refractivity contribution in [1.82, 2.24) is 0 Å². The molecule has 0 bridgehead atoms. The van der Waals surface area contributed by atoms with Gasteiger partial charge in [-0.25, -0.2) is 0 Å². The lowest BCUT2D eigenvalue weighted by atomic mass is 9.93. The minimum Gasteiger partial charge on any atom is -0.411 e. The molecular weight excluding hydrogens is 472 g/mol. The van der Waals surface area contributed by atoms with E-state index in [-0.39, 0.29) is 13.2 Å². The maximum Gasteiger partial charge on any atom is 0.113 e. The average molecular weight is 503 g/mol. The van der Waals surface area contributed by atoms with Crippen LogP contribution >= 0.6 is 0 Å². The molecule has 3 aromatic carbocycles. The zero-order valence-corrected chi connectivity index (χ0v) is 20.3. The Kier molecular flexibility index (Phi) is 10.1. The first-order chi connectivity index (χ1) is 18.3. The van der Waals surface area contributed by atoms with Gasteiger partial charge in [0.2, 0.25) is 0 Å². The number of rotatable bonds is 12. The number of benzene rings is 3. The molecule has 0 amide bonds. The van der Waals surface area contributed by atoms with Crippen molar-refractivity contribution in [3.05, 3.63) is 118 Å². The first kappa shape index (κ1) is 26.3. The first-order valence-corrected chi connectivity index (χ1v) is 12.1. The summed E-state index contributed by atoms with van der Waals surface area (Å²) in [6, 6.07) is 28.4. The van der Waals surface area contributed by atoms with Gasteiger partial charge >= 0.3 is 0 Å². The molecule has 0 unspecified atom stereocenters. The molecule has 1 heterocycles. The molecule has 0 saturated carbocycles. The van der Waals surface area contributed by atoms with Crippen LogP contribution in [0.2, 0.25) is 0 Å². The Morgan fingerprint density at radius 1 is 0.784 bits per heavy atom. The Morgan fingerprint density at radius 2 is 1.30 bits per heavy atom. The molecule has 9 heteroatoms. The highest BCUT2D eigenvalue weighted by Gasteiger charge is 2.47. The molecule has 1 aliphatic rings. The van der Waals surface area contributed by atoms with Gasteiger partial charge in [0, 0.05) is 4.91 Å². The van der Waals surface area contributed by atoms with Crippen LogP contribution < -0.4 is 0 Å².